The average Bonchev–Trinajstić information content (AvgIpc) is 2.29. The Hall–Kier alpha value is -2.17. The summed E-state index contributed by atoms with van der Waals surface area (Å²) in [6.45, 7) is 0. The number of rotatable bonds is 2. The molecule has 0 aliphatic heterocycles. The highest BCUT2D eigenvalue weighted by atomic mass is 19.1. The van der Waals surface area contributed by atoms with Gasteiger partial charge >= 0.3 is 6.01 Å². The Bertz CT molecular complexity index is 500. The second-order valence-electron chi connectivity index (χ2n) is 3.12. The van der Waals surface area contributed by atoms with Crippen LogP contribution < -0.4 is 4.74 Å². The van der Waals surface area contributed by atoms with E-state index in [1.165, 1.54) is 31.6 Å². The van der Waals surface area contributed by atoms with Crippen molar-refractivity contribution in [1.29, 1.82) is 0 Å². The minimum absolute atomic E-state index is 0.145. The second kappa shape index (κ2) is 4.14. The lowest BCUT2D eigenvalue weighted by atomic mass is 10.1. The molecule has 0 aliphatic rings. The van der Waals surface area contributed by atoms with Crippen LogP contribution in [-0.4, -0.2) is 22.2 Å². The van der Waals surface area contributed by atoms with Gasteiger partial charge in [0.1, 0.15) is 11.6 Å². The molecule has 2 aromatic rings. The lowest BCUT2D eigenvalue weighted by Crippen LogP contribution is -1.91. The summed E-state index contributed by atoms with van der Waals surface area (Å²) in [6.07, 6.45) is 3.00. The molecule has 1 aromatic carbocycles. The fourth-order valence-electron chi connectivity index (χ4n) is 1.31. The Morgan fingerprint density at radius 3 is 2.50 bits per heavy atom. The highest BCUT2D eigenvalue weighted by molar-refractivity contribution is 5.68. The van der Waals surface area contributed by atoms with E-state index in [1.807, 2.05) is 0 Å². The van der Waals surface area contributed by atoms with E-state index in [9.17, 15) is 9.50 Å². The van der Waals surface area contributed by atoms with Crippen LogP contribution in [0.3, 0.4) is 0 Å². The van der Waals surface area contributed by atoms with Gasteiger partial charge in [-0.25, -0.2) is 14.4 Å². The summed E-state index contributed by atoms with van der Waals surface area (Å²) in [4.78, 5) is 7.80. The Balaban J connectivity index is 2.42. The van der Waals surface area contributed by atoms with Crippen molar-refractivity contribution in [2.75, 3.05) is 7.11 Å². The van der Waals surface area contributed by atoms with E-state index < -0.39 is 5.82 Å². The van der Waals surface area contributed by atoms with Crippen molar-refractivity contribution in [2.45, 2.75) is 0 Å². The van der Waals surface area contributed by atoms with Gasteiger partial charge in [-0.05, 0) is 12.1 Å². The molecule has 1 aromatic heterocycles. The molecule has 0 spiro atoms. The topological polar surface area (TPSA) is 55.2 Å². The van der Waals surface area contributed by atoms with Gasteiger partial charge in [-0.2, -0.15) is 0 Å². The van der Waals surface area contributed by atoms with Crippen molar-refractivity contribution in [3.63, 3.8) is 0 Å². The fourth-order valence-corrected chi connectivity index (χ4v) is 1.31. The first-order valence-corrected chi connectivity index (χ1v) is 4.55. The zero-order chi connectivity index (χ0) is 11.5. The summed E-state index contributed by atoms with van der Waals surface area (Å²) in [5.74, 6) is -0.635. The van der Waals surface area contributed by atoms with Crippen molar-refractivity contribution in [1.82, 2.24) is 9.97 Å². The number of aromatic hydroxyl groups is 1. The number of hydrogen-bond donors (Lipinski definition) is 1. The van der Waals surface area contributed by atoms with Gasteiger partial charge in [0.25, 0.3) is 0 Å². The normalized spacial score (nSPS) is 10.1. The van der Waals surface area contributed by atoms with Gasteiger partial charge in [-0.3, -0.25) is 0 Å². The lowest BCUT2D eigenvalue weighted by molar-refractivity contribution is 0.380. The van der Waals surface area contributed by atoms with E-state index in [0.717, 1.165) is 6.07 Å². The van der Waals surface area contributed by atoms with Crippen LogP contribution in [-0.2, 0) is 0 Å². The number of hydrogen-bond acceptors (Lipinski definition) is 4. The molecule has 0 atom stereocenters. The molecular formula is C11H9FN2O2. The summed E-state index contributed by atoms with van der Waals surface area (Å²) in [5.41, 5.74) is 1.07. The summed E-state index contributed by atoms with van der Waals surface area (Å²) in [7, 11) is 1.46. The van der Waals surface area contributed by atoms with E-state index in [2.05, 4.69) is 9.97 Å². The fraction of sp³-hybridized carbons (Fsp3) is 0.0909. The molecule has 0 saturated carbocycles. The summed E-state index contributed by atoms with van der Waals surface area (Å²) >= 11 is 0. The van der Waals surface area contributed by atoms with Gasteiger partial charge < -0.3 is 9.84 Å². The van der Waals surface area contributed by atoms with Crippen LogP contribution in [0, 0.1) is 5.82 Å². The van der Waals surface area contributed by atoms with Crippen LogP contribution in [0.4, 0.5) is 4.39 Å². The standard InChI is InChI=1S/C11H9FN2O2/c1-16-11-13-5-7(6-14-11)9-3-2-8(12)4-10(9)15/h2-6,15H,1H3. The Morgan fingerprint density at radius 1 is 1.25 bits per heavy atom. The zero-order valence-electron chi connectivity index (χ0n) is 8.51. The quantitative estimate of drug-likeness (QED) is 0.840. The monoisotopic (exact) mass is 220 g/mol. The van der Waals surface area contributed by atoms with E-state index in [1.54, 1.807) is 0 Å². The van der Waals surface area contributed by atoms with Gasteiger partial charge in [0, 0.05) is 29.6 Å². The highest BCUT2D eigenvalue weighted by Gasteiger charge is 2.06. The van der Waals surface area contributed by atoms with Crippen molar-refractivity contribution in [2.24, 2.45) is 0 Å². The number of methoxy groups -OCH3 is 1. The summed E-state index contributed by atoms with van der Waals surface area (Å²) in [5, 5.41) is 9.54. The van der Waals surface area contributed by atoms with Crippen molar-refractivity contribution < 1.29 is 14.2 Å². The molecule has 2 rings (SSSR count). The number of nitrogens with zero attached hydrogens (tertiary/aromatic N) is 2. The van der Waals surface area contributed by atoms with Crippen molar-refractivity contribution in [3.05, 3.63) is 36.4 Å². The summed E-state index contributed by atoms with van der Waals surface area (Å²) in [6, 6.07) is 4.01. The average molecular weight is 220 g/mol. The largest absolute Gasteiger partial charge is 0.507 e. The predicted octanol–water partition coefficient (Wildman–Crippen LogP) is 2.00. The molecular weight excluding hydrogens is 211 g/mol. The Kier molecular flexibility index (Phi) is 2.68. The third kappa shape index (κ3) is 1.93. The molecule has 0 bridgehead atoms. The summed E-state index contributed by atoms with van der Waals surface area (Å²) < 4.78 is 17.6. The highest BCUT2D eigenvalue weighted by Crippen LogP contribution is 2.28. The number of ether oxygens (including phenoxy) is 1. The number of aromatic nitrogens is 2. The Labute approximate surface area is 91.4 Å². The molecule has 0 radical (unpaired) electrons. The van der Waals surface area contributed by atoms with Gasteiger partial charge in [0.05, 0.1) is 7.11 Å². The maximum atomic E-state index is 12.8. The van der Waals surface area contributed by atoms with Crippen LogP contribution >= 0.6 is 0 Å². The first-order chi connectivity index (χ1) is 7.70. The van der Waals surface area contributed by atoms with Gasteiger partial charge in [-0.1, -0.05) is 0 Å². The molecule has 0 unspecified atom stereocenters. The number of phenols is 1. The predicted molar refractivity (Wildman–Crippen MR) is 55.6 cm³/mol. The van der Waals surface area contributed by atoms with E-state index in [0.29, 0.717) is 11.1 Å². The van der Waals surface area contributed by atoms with E-state index in [4.69, 9.17) is 4.74 Å². The second-order valence-corrected chi connectivity index (χ2v) is 3.12. The Morgan fingerprint density at radius 2 is 1.94 bits per heavy atom. The van der Waals surface area contributed by atoms with Crippen LogP contribution in [0.5, 0.6) is 11.8 Å². The first kappa shape index (κ1) is 10.4. The van der Waals surface area contributed by atoms with Gasteiger partial charge in [-0.15, -0.1) is 0 Å². The minimum atomic E-state index is -0.490. The van der Waals surface area contributed by atoms with Crippen LogP contribution in [0.15, 0.2) is 30.6 Å². The van der Waals surface area contributed by atoms with E-state index in [-0.39, 0.29) is 11.8 Å². The third-order valence-corrected chi connectivity index (χ3v) is 2.08. The molecule has 82 valence electrons. The number of phenolic OH excluding ortho intramolecular Hbond substituents is 1. The molecule has 0 amide bonds. The van der Waals surface area contributed by atoms with Gasteiger partial charge in [0.2, 0.25) is 0 Å². The molecule has 1 heterocycles. The lowest BCUT2D eigenvalue weighted by Gasteiger charge is -2.04. The molecule has 0 aliphatic carbocycles. The maximum Gasteiger partial charge on any atom is 0.316 e. The zero-order valence-corrected chi connectivity index (χ0v) is 8.51. The van der Waals surface area contributed by atoms with Crippen LogP contribution in [0.25, 0.3) is 11.1 Å². The first-order valence-electron chi connectivity index (χ1n) is 4.55. The van der Waals surface area contributed by atoms with Crippen LogP contribution in [0.2, 0.25) is 0 Å². The van der Waals surface area contributed by atoms with Gasteiger partial charge in [0.15, 0.2) is 0 Å². The molecule has 5 heteroatoms. The molecule has 16 heavy (non-hydrogen) atoms. The molecule has 1 N–H and O–H groups in total. The van der Waals surface area contributed by atoms with Crippen LogP contribution in [0.1, 0.15) is 0 Å². The minimum Gasteiger partial charge on any atom is -0.507 e. The van der Waals surface area contributed by atoms with Crippen molar-refractivity contribution >= 4 is 0 Å². The molecule has 0 fully saturated rings. The smallest absolute Gasteiger partial charge is 0.316 e. The van der Waals surface area contributed by atoms with E-state index >= 15 is 0 Å². The molecule has 4 nitrogen and oxygen atoms in total. The number of benzene rings is 1. The third-order valence-electron chi connectivity index (χ3n) is 2.08. The SMILES string of the molecule is COc1ncc(-c2ccc(F)cc2O)cn1. The van der Waals surface area contributed by atoms with Crippen molar-refractivity contribution in [3.8, 4) is 22.9 Å². The maximum absolute atomic E-state index is 12.8. The number of halogens is 1. The molecule has 0 saturated heterocycles.